The molecule has 0 aliphatic carbocycles. The minimum atomic E-state index is -0.0231. The van der Waals surface area contributed by atoms with E-state index in [1.54, 1.807) is 0 Å². The fraction of sp³-hybridized carbons (Fsp3) is 0.444. The van der Waals surface area contributed by atoms with Crippen molar-refractivity contribution in [2.24, 2.45) is 11.8 Å². The van der Waals surface area contributed by atoms with Gasteiger partial charge in [0.2, 0.25) is 11.8 Å². The third kappa shape index (κ3) is 7.17. The second kappa shape index (κ2) is 11.6. The molecule has 33 heavy (non-hydrogen) atoms. The molecule has 0 spiro atoms. The highest BCUT2D eigenvalue weighted by molar-refractivity contribution is 5.81. The predicted octanol–water partition coefficient (Wildman–Crippen LogP) is 4.43. The number of imidazole rings is 1. The molecular weight excluding hydrogens is 412 g/mol. The number of fused-ring (bicyclic) bond motifs is 1. The Morgan fingerprint density at radius 1 is 0.939 bits per heavy atom. The van der Waals surface area contributed by atoms with Crippen molar-refractivity contribution in [3.05, 3.63) is 66.0 Å². The first kappa shape index (κ1) is 24.5. The van der Waals surface area contributed by atoms with Gasteiger partial charge in [-0.25, -0.2) is 4.98 Å². The van der Waals surface area contributed by atoms with Gasteiger partial charge in [-0.05, 0) is 36.0 Å². The summed E-state index contributed by atoms with van der Waals surface area (Å²) in [7, 11) is 0. The number of rotatable bonds is 11. The molecule has 0 bridgehead atoms. The van der Waals surface area contributed by atoms with Gasteiger partial charge in [0.1, 0.15) is 12.4 Å². The van der Waals surface area contributed by atoms with E-state index in [-0.39, 0.29) is 18.4 Å². The maximum absolute atomic E-state index is 13.3. The minimum absolute atomic E-state index is 0.0231. The van der Waals surface area contributed by atoms with E-state index in [4.69, 9.17) is 4.98 Å². The smallest absolute Gasteiger partial charge is 0.242 e. The summed E-state index contributed by atoms with van der Waals surface area (Å²) in [5.74, 6) is 1.56. The molecule has 0 aliphatic rings. The standard InChI is InChI=1S/C27H36N4O2/c1-20(2)17-30(18-21(3)4)27(33)19-31-24-13-9-8-12-23(24)29-25(31)16-28-26(32)15-14-22-10-6-5-7-11-22/h5-13,20-21H,14-19H2,1-4H3,(H,28,32). The van der Waals surface area contributed by atoms with Gasteiger partial charge in [0, 0.05) is 19.5 Å². The zero-order chi connectivity index (χ0) is 23.8. The first-order chi connectivity index (χ1) is 15.8. The van der Waals surface area contributed by atoms with Crippen LogP contribution in [0.15, 0.2) is 54.6 Å². The molecule has 2 aromatic carbocycles. The van der Waals surface area contributed by atoms with E-state index >= 15 is 0 Å². The van der Waals surface area contributed by atoms with Crippen molar-refractivity contribution < 1.29 is 9.59 Å². The van der Waals surface area contributed by atoms with Crippen LogP contribution >= 0.6 is 0 Å². The Morgan fingerprint density at radius 3 is 2.24 bits per heavy atom. The largest absolute Gasteiger partial charge is 0.349 e. The lowest BCUT2D eigenvalue weighted by Gasteiger charge is -2.27. The van der Waals surface area contributed by atoms with E-state index < -0.39 is 0 Å². The zero-order valence-electron chi connectivity index (χ0n) is 20.3. The number of carbonyl (C=O) groups excluding carboxylic acids is 2. The lowest BCUT2D eigenvalue weighted by atomic mass is 10.1. The molecule has 3 aromatic rings. The molecular formula is C27H36N4O2. The Balaban J connectivity index is 1.72. The maximum atomic E-state index is 13.3. The molecule has 0 aliphatic heterocycles. The normalized spacial score (nSPS) is 11.3. The number of nitrogens with one attached hydrogen (secondary N) is 1. The second-order valence-electron chi connectivity index (χ2n) is 9.45. The molecule has 6 heteroatoms. The average molecular weight is 449 g/mol. The van der Waals surface area contributed by atoms with Crippen LogP contribution in [0, 0.1) is 11.8 Å². The number of para-hydroxylation sites is 2. The topological polar surface area (TPSA) is 67.2 Å². The third-order valence-corrected chi connectivity index (χ3v) is 5.48. The van der Waals surface area contributed by atoms with Gasteiger partial charge < -0.3 is 14.8 Å². The highest BCUT2D eigenvalue weighted by atomic mass is 16.2. The molecule has 1 aromatic heterocycles. The lowest BCUT2D eigenvalue weighted by Crippen LogP contribution is -2.39. The summed E-state index contributed by atoms with van der Waals surface area (Å²) in [6, 6.07) is 17.8. The molecule has 1 N–H and O–H groups in total. The van der Waals surface area contributed by atoms with E-state index in [1.807, 2.05) is 64.1 Å². The van der Waals surface area contributed by atoms with Crippen LogP contribution in [0.1, 0.15) is 45.5 Å². The summed E-state index contributed by atoms with van der Waals surface area (Å²) in [5, 5.41) is 2.99. The number of nitrogens with zero attached hydrogens (tertiary/aromatic N) is 3. The van der Waals surface area contributed by atoms with Crippen molar-refractivity contribution in [3.8, 4) is 0 Å². The fourth-order valence-electron chi connectivity index (χ4n) is 4.00. The van der Waals surface area contributed by atoms with E-state index in [9.17, 15) is 9.59 Å². The molecule has 176 valence electrons. The molecule has 0 radical (unpaired) electrons. The van der Waals surface area contributed by atoms with Crippen LogP contribution in [-0.4, -0.2) is 39.4 Å². The number of aromatic nitrogens is 2. The van der Waals surface area contributed by atoms with Crippen molar-refractivity contribution in [2.45, 2.75) is 53.6 Å². The Bertz CT molecular complexity index is 1050. The van der Waals surface area contributed by atoms with E-state index in [0.29, 0.717) is 37.0 Å². The lowest BCUT2D eigenvalue weighted by molar-refractivity contribution is -0.132. The monoisotopic (exact) mass is 448 g/mol. The van der Waals surface area contributed by atoms with Crippen LogP contribution in [-0.2, 0) is 29.1 Å². The number of carbonyl (C=O) groups is 2. The molecule has 0 saturated carbocycles. The van der Waals surface area contributed by atoms with Crippen molar-refractivity contribution >= 4 is 22.8 Å². The molecule has 0 unspecified atom stereocenters. The minimum Gasteiger partial charge on any atom is -0.349 e. The quantitative estimate of drug-likeness (QED) is 0.472. The number of benzene rings is 2. The van der Waals surface area contributed by atoms with Gasteiger partial charge in [-0.3, -0.25) is 9.59 Å². The molecule has 3 rings (SSSR count). The van der Waals surface area contributed by atoms with Crippen LogP contribution in [0.3, 0.4) is 0 Å². The first-order valence-electron chi connectivity index (χ1n) is 11.9. The SMILES string of the molecule is CC(C)CN(CC(C)C)C(=O)Cn1c(CNC(=O)CCc2ccccc2)nc2ccccc21. The van der Waals surface area contributed by atoms with Crippen molar-refractivity contribution in [2.75, 3.05) is 13.1 Å². The van der Waals surface area contributed by atoms with Gasteiger partial charge in [0.25, 0.3) is 0 Å². The summed E-state index contributed by atoms with van der Waals surface area (Å²) in [6.07, 6.45) is 1.11. The molecule has 0 fully saturated rings. The number of amides is 2. The first-order valence-corrected chi connectivity index (χ1v) is 11.9. The van der Waals surface area contributed by atoms with Crippen LogP contribution < -0.4 is 5.32 Å². The van der Waals surface area contributed by atoms with Crippen LogP contribution in [0.5, 0.6) is 0 Å². The zero-order valence-corrected chi connectivity index (χ0v) is 20.3. The maximum Gasteiger partial charge on any atom is 0.242 e. The van der Waals surface area contributed by atoms with Crippen LogP contribution in [0.4, 0.5) is 0 Å². The van der Waals surface area contributed by atoms with Crippen LogP contribution in [0.25, 0.3) is 11.0 Å². The number of aryl methyl sites for hydroxylation is 1. The van der Waals surface area contributed by atoms with Gasteiger partial charge in [0.05, 0.1) is 17.6 Å². The van der Waals surface area contributed by atoms with E-state index in [1.165, 1.54) is 0 Å². The van der Waals surface area contributed by atoms with Gasteiger partial charge in [-0.15, -0.1) is 0 Å². The fourth-order valence-corrected chi connectivity index (χ4v) is 4.00. The molecule has 0 saturated heterocycles. The molecule has 2 amide bonds. The highest BCUT2D eigenvalue weighted by Crippen LogP contribution is 2.17. The van der Waals surface area contributed by atoms with E-state index in [2.05, 4.69) is 33.0 Å². The molecule has 0 atom stereocenters. The average Bonchev–Trinajstić information content (AvgIpc) is 3.13. The van der Waals surface area contributed by atoms with Gasteiger partial charge in [-0.2, -0.15) is 0 Å². The molecule has 1 heterocycles. The van der Waals surface area contributed by atoms with Crippen molar-refractivity contribution in [3.63, 3.8) is 0 Å². The Labute approximate surface area is 197 Å². The highest BCUT2D eigenvalue weighted by Gasteiger charge is 2.20. The molecule has 6 nitrogen and oxygen atoms in total. The summed E-state index contributed by atoms with van der Waals surface area (Å²) in [6.45, 7) is 10.5. The predicted molar refractivity (Wildman–Crippen MR) is 133 cm³/mol. The van der Waals surface area contributed by atoms with Gasteiger partial charge >= 0.3 is 0 Å². The number of hydrogen-bond donors (Lipinski definition) is 1. The number of hydrogen-bond acceptors (Lipinski definition) is 3. The second-order valence-corrected chi connectivity index (χ2v) is 9.45. The van der Waals surface area contributed by atoms with Crippen molar-refractivity contribution in [1.29, 1.82) is 0 Å². The summed E-state index contributed by atoms with van der Waals surface area (Å²) in [4.78, 5) is 32.4. The summed E-state index contributed by atoms with van der Waals surface area (Å²) < 4.78 is 1.95. The van der Waals surface area contributed by atoms with Gasteiger partial charge in [-0.1, -0.05) is 70.2 Å². The third-order valence-electron chi connectivity index (χ3n) is 5.48. The van der Waals surface area contributed by atoms with Crippen LogP contribution in [0.2, 0.25) is 0 Å². The summed E-state index contributed by atoms with van der Waals surface area (Å²) in [5.41, 5.74) is 2.88. The Hall–Kier alpha value is -3.15. The van der Waals surface area contributed by atoms with Crippen molar-refractivity contribution in [1.82, 2.24) is 19.8 Å². The summed E-state index contributed by atoms with van der Waals surface area (Å²) >= 11 is 0. The van der Waals surface area contributed by atoms with Gasteiger partial charge in [0.15, 0.2) is 0 Å². The van der Waals surface area contributed by atoms with E-state index in [0.717, 1.165) is 29.7 Å². The Morgan fingerprint density at radius 2 is 1.58 bits per heavy atom. The Kier molecular flexibility index (Phi) is 8.64.